The fraction of sp³-hybridized carbons (Fsp3) is 0.467. The van der Waals surface area contributed by atoms with E-state index in [4.69, 9.17) is 4.98 Å². The van der Waals surface area contributed by atoms with Gasteiger partial charge in [0.05, 0.1) is 6.04 Å². The number of nitrogens with zero attached hydrogens (tertiary/aromatic N) is 3. The Kier molecular flexibility index (Phi) is 3.58. The standard InChI is InChI=1S/C15H21N5/c1-11-5-4-10-20(11)14-7-3-6-13(19-14)18-12(2)15-16-8-9-17-15/h3,6-9,11-12H,4-5,10H2,1-2H3,(H,16,17)(H,18,19). The molecular formula is C15H21N5. The Bertz CT molecular complexity index is 551. The van der Waals surface area contributed by atoms with Gasteiger partial charge in [-0.25, -0.2) is 9.97 Å². The summed E-state index contributed by atoms with van der Waals surface area (Å²) in [5, 5.41) is 3.39. The Balaban J connectivity index is 1.74. The molecule has 2 aromatic heterocycles. The second-order valence-corrected chi connectivity index (χ2v) is 5.41. The summed E-state index contributed by atoms with van der Waals surface area (Å²) in [5.41, 5.74) is 0. The van der Waals surface area contributed by atoms with E-state index in [1.165, 1.54) is 12.8 Å². The highest BCUT2D eigenvalue weighted by Gasteiger charge is 2.21. The summed E-state index contributed by atoms with van der Waals surface area (Å²) in [6, 6.07) is 6.85. The Labute approximate surface area is 119 Å². The molecule has 1 aliphatic rings. The summed E-state index contributed by atoms with van der Waals surface area (Å²) in [6.07, 6.45) is 6.11. The maximum absolute atomic E-state index is 4.73. The summed E-state index contributed by atoms with van der Waals surface area (Å²) in [7, 11) is 0. The zero-order chi connectivity index (χ0) is 13.9. The van der Waals surface area contributed by atoms with Crippen molar-refractivity contribution in [1.29, 1.82) is 0 Å². The van der Waals surface area contributed by atoms with Crippen LogP contribution in [-0.2, 0) is 0 Å². The summed E-state index contributed by atoms with van der Waals surface area (Å²) >= 11 is 0. The first-order chi connectivity index (χ1) is 9.74. The first-order valence-corrected chi connectivity index (χ1v) is 7.23. The minimum Gasteiger partial charge on any atom is -0.360 e. The second-order valence-electron chi connectivity index (χ2n) is 5.41. The molecule has 0 radical (unpaired) electrons. The van der Waals surface area contributed by atoms with Gasteiger partial charge in [0.1, 0.15) is 17.5 Å². The number of aromatic amines is 1. The van der Waals surface area contributed by atoms with Crippen molar-refractivity contribution in [2.75, 3.05) is 16.8 Å². The van der Waals surface area contributed by atoms with Gasteiger partial charge in [-0.3, -0.25) is 0 Å². The summed E-state index contributed by atoms with van der Waals surface area (Å²) in [6.45, 7) is 5.44. The highest BCUT2D eigenvalue weighted by Crippen LogP contribution is 2.25. The Hall–Kier alpha value is -2.04. The molecule has 20 heavy (non-hydrogen) atoms. The zero-order valence-corrected chi connectivity index (χ0v) is 12.0. The van der Waals surface area contributed by atoms with E-state index in [-0.39, 0.29) is 6.04 Å². The predicted molar refractivity (Wildman–Crippen MR) is 80.9 cm³/mol. The lowest BCUT2D eigenvalue weighted by atomic mass is 10.2. The molecule has 0 bridgehead atoms. The van der Waals surface area contributed by atoms with Gasteiger partial charge < -0.3 is 15.2 Å². The van der Waals surface area contributed by atoms with Crippen molar-refractivity contribution in [3.63, 3.8) is 0 Å². The van der Waals surface area contributed by atoms with E-state index >= 15 is 0 Å². The average Bonchev–Trinajstić information content (AvgIpc) is 3.10. The number of hydrogen-bond acceptors (Lipinski definition) is 4. The van der Waals surface area contributed by atoms with E-state index < -0.39 is 0 Å². The van der Waals surface area contributed by atoms with Crippen LogP contribution in [0.4, 0.5) is 11.6 Å². The number of rotatable bonds is 4. The molecule has 2 unspecified atom stereocenters. The molecule has 5 heteroatoms. The molecule has 5 nitrogen and oxygen atoms in total. The van der Waals surface area contributed by atoms with Crippen LogP contribution in [0.5, 0.6) is 0 Å². The van der Waals surface area contributed by atoms with Crippen molar-refractivity contribution in [1.82, 2.24) is 15.0 Å². The summed E-state index contributed by atoms with van der Waals surface area (Å²) in [5.74, 6) is 2.88. The molecule has 2 N–H and O–H groups in total. The van der Waals surface area contributed by atoms with Gasteiger partial charge in [0.15, 0.2) is 0 Å². The number of hydrogen-bond donors (Lipinski definition) is 2. The fourth-order valence-corrected chi connectivity index (χ4v) is 2.74. The molecule has 0 amide bonds. The van der Waals surface area contributed by atoms with Crippen LogP contribution in [0.2, 0.25) is 0 Å². The quantitative estimate of drug-likeness (QED) is 0.897. The monoisotopic (exact) mass is 271 g/mol. The minimum absolute atomic E-state index is 0.115. The third-order valence-electron chi connectivity index (χ3n) is 3.88. The van der Waals surface area contributed by atoms with Crippen molar-refractivity contribution in [2.45, 2.75) is 38.8 Å². The van der Waals surface area contributed by atoms with Crippen molar-refractivity contribution in [3.05, 3.63) is 36.4 Å². The van der Waals surface area contributed by atoms with E-state index in [1.54, 1.807) is 6.20 Å². The second kappa shape index (κ2) is 5.53. The van der Waals surface area contributed by atoms with Crippen LogP contribution in [0.3, 0.4) is 0 Å². The molecule has 1 fully saturated rings. The predicted octanol–water partition coefficient (Wildman–Crippen LogP) is 2.97. The molecule has 2 aromatic rings. The summed E-state index contributed by atoms with van der Waals surface area (Å²) in [4.78, 5) is 14.5. The van der Waals surface area contributed by atoms with Gasteiger partial charge in [0.2, 0.25) is 0 Å². The molecule has 0 spiro atoms. The molecule has 0 aromatic carbocycles. The smallest absolute Gasteiger partial charge is 0.131 e. The van der Waals surface area contributed by atoms with Crippen LogP contribution in [0, 0.1) is 0 Å². The molecular weight excluding hydrogens is 250 g/mol. The normalized spacial score (nSPS) is 20.1. The molecule has 2 atom stereocenters. The number of nitrogens with one attached hydrogen (secondary N) is 2. The Morgan fingerprint density at radius 2 is 2.35 bits per heavy atom. The van der Waals surface area contributed by atoms with Crippen LogP contribution in [0.25, 0.3) is 0 Å². The van der Waals surface area contributed by atoms with Crippen LogP contribution in [0.1, 0.15) is 38.6 Å². The topological polar surface area (TPSA) is 56.8 Å². The molecule has 3 heterocycles. The van der Waals surface area contributed by atoms with Crippen molar-refractivity contribution < 1.29 is 0 Å². The number of H-pyrrole nitrogens is 1. The lowest BCUT2D eigenvalue weighted by molar-refractivity contribution is 0.726. The average molecular weight is 271 g/mol. The highest BCUT2D eigenvalue weighted by atomic mass is 15.2. The highest BCUT2D eigenvalue weighted by molar-refractivity contribution is 5.48. The Morgan fingerprint density at radius 3 is 3.05 bits per heavy atom. The molecule has 1 aliphatic heterocycles. The van der Waals surface area contributed by atoms with Gasteiger partial charge in [-0.15, -0.1) is 0 Å². The van der Waals surface area contributed by atoms with E-state index in [1.807, 2.05) is 12.3 Å². The van der Waals surface area contributed by atoms with Crippen molar-refractivity contribution in [2.24, 2.45) is 0 Å². The van der Waals surface area contributed by atoms with Gasteiger partial charge in [0.25, 0.3) is 0 Å². The Morgan fingerprint density at radius 1 is 1.45 bits per heavy atom. The minimum atomic E-state index is 0.115. The first kappa shape index (κ1) is 13.0. The fourth-order valence-electron chi connectivity index (χ4n) is 2.74. The van der Waals surface area contributed by atoms with Crippen molar-refractivity contribution >= 4 is 11.6 Å². The third-order valence-corrected chi connectivity index (χ3v) is 3.88. The molecule has 1 saturated heterocycles. The van der Waals surface area contributed by atoms with Gasteiger partial charge in [0, 0.05) is 25.0 Å². The third kappa shape index (κ3) is 2.61. The van der Waals surface area contributed by atoms with Crippen LogP contribution in [0.15, 0.2) is 30.6 Å². The maximum Gasteiger partial charge on any atom is 0.131 e. The molecule has 0 saturated carbocycles. The number of imidazole rings is 1. The SMILES string of the molecule is CC(Nc1cccc(N2CCCC2C)n1)c1ncc[nH]1. The van der Waals surface area contributed by atoms with E-state index in [2.05, 4.69) is 46.2 Å². The van der Waals surface area contributed by atoms with E-state index in [0.29, 0.717) is 6.04 Å². The van der Waals surface area contributed by atoms with Gasteiger partial charge in [-0.1, -0.05) is 6.07 Å². The largest absolute Gasteiger partial charge is 0.360 e. The number of anilines is 2. The van der Waals surface area contributed by atoms with E-state index in [0.717, 1.165) is 24.0 Å². The maximum atomic E-state index is 4.73. The zero-order valence-electron chi connectivity index (χ0n) is 12.0. The van der Waals surface area contributed by atoms with Crippen LogP contribution < -0.4 is 10.2 Å². The van der Waals surface area contributed by atoms with Gasteiger partial charge in [-0.05, 0) is 38.8 Å². The van der Waals surface area contributed by atoms with Gasteiger partial charge in [-0.2, -0.15) is 0 Å². The lowest BCUT2D eigenvalue weighted by Gasteiger charge is -2.23. The van der Waals surface area contributed by atoms with Crippen LogP contribution in [-0.4, -0.2) is 27.5 Å². The first-order valence-electron chi connectivity index (χ1n) is 7.23. The van der Waals surface area contributed by atoms with Crippen molar-refractivity contribution in [3.8, 4) is 0 Å². The number of pyridine rings is 1. The summed E-state index contributed by atoms with van der Waals surface area (Å²) < 4.78 is 0. The lowest BCUT2D eigenvalue weighted by Crippen LogP contribution is -2.27. The van der Waals surface area contributed by atoms with Gasteiger partial charge >= 0.3 is 0 Å². The van der Waals surface area contributed by atoms with Crippen LogP contribution >= 0.6 is 0 Å². The molecule has 106 valence electrons. The number of aromatic nitrogens is 3. The molecule has 0 aliphatic carbocycles. The van der Waals surface area contributed by atoms with E-state index in [9.17, 15) is 0 Å². The molecule has 3 rings (SSSR count).